The zero-order valence-electron chi connectivity index (χ0n) is 18.9. The molecule has 3 aliphatic rings. The fourth-order valence-corrected chi connectivity index (χ4v) is 6.37. The van der Waals surface area contributed by atoms with Crippen molar-refractivity contribution >= 4 is 15.6 Å². The summed E-state index contributed by atoms with van der Waals surface area (Å²) in [6.07, 6.45) is 9.36. The summed E-state index contributed by atoms with van der Waals surface area (Å²) in [6.45, 7) is 2.89. The highest BCUT2D eigenvalue weighted by atomic mass is 32.2. The predicted octanol–water partition coefficient (Wildman–Crippen LogP) is 4.19. The molecule has 2 bridgehead atoms. The number of sulfonamides is 1. The number of pyridine rings is 2. The molecule has 33 heavy (non-hydrogen) atoms. The first-order valence-electron chi connectivity index (χ1n) is 11.6. The number of rotatable bonds is 4. The molecule has 8 heteroatoms. The third-order valence-electron chi connectivity index (χ3n) is 7.21. The number of fused-ring (bicyclic) bond motifs is 5. The van der Waals surface area contributed by atoms with Crippen LogP contribution >= 0.6 is 0 Å². The molecule has 0 spiro atoms. The van der Waals surface area contributed by atoms with Gasteiger partial charge in [0.1, 0.15) is 11.5 Å². The number of imidazole rings is 1. The lowest BCUT2D eigenvalue weighted by Crippen LogP contribution is -2.33. The Kier molecular flexibility index (Phi) is 4.78. The summed E-state index contributed by atoms with van der Waals surface area (Å²) in [5.41, 5.74) is 7.06. The summed E-state index contributed by atoms with van der Waals surface area (Å²) >= 11 is 0. The molecule has 3 aromatic heterocycles. The van der Waals surface area contributed by atoms with E-state index in [0.29, 0.717) is 31.5 Å². The normalized spacial score (nSPS) is 22.4. The fraction of sp³-hybridized carbons (Fsp3) is 0.400. The number of aromatic nitrogens is 4. The van der Waals surface area contributed by atoms with Crippen LogP contribution in [0.2, 0.25) is 0 Å². The van der Waals surface area contributed by atoms with E-state index < -0.39 is 10.0 Å². The number of hydrogen-bond acceptors (Lipinski definition) is 5. The van der Waals surface area contributed by atoms with Crippen LogP contribution in [0.25, 0.3) is 28.2 Å². The van der Waals surface area contributed by atoms with E-state index in [-0.39, 0.29) is 0 Å². The Hall–Kier alpha value is -2.84. The molecule has 1 saturated carbocycles. The molecular formula is C25H27N5O2S. The van der Waals surface area contributed by atoms with Crippen LogP contribution in [0.15, 0.2) is 42.6 Å². The van der Waals surface area contributed by atoms with Gasteiger partial charge in [-0.3, -0.25) is 9.97 Å². The van der Waals surface area contributed by atoms with Crippen LogP contribution < -0.4 is 0 Å². The molecule has 1 fully saturated rings. The van der Waals surface area contributed by atoms with Crippen LogP contribution in [0.1, 0.15) is 54.9 Å². The van der Waals surface area contributed by atoms with Gasteiger partial charge in [0.25, 0.3) is 0 Å². The van der Waals surface area contributed by atoms with Gasteiger partial charge in [-0.1, -0.05) is 12.1 Å². The SMILES string of the molecule is Cc1cccc(-c2nc3n(c2-c2ccnc(C4=CCN(S(C)(=O)=O)CC4)c2)C2CCC3C2)n1. The van der Waals surface area contributed by atoms with Gasteiger partial charge in [0.2, 0.25) is 10.0 Å². The zero-order chi connectivity index (χ0) is 22.7. The molecule has 1 aliphatic carbocycles. The standard InChI is InChI=1S/C25H27N5O2S/c1-16-4-3-5-21(27-16)23-24(30-20-7-6-19(14-20)25(30)28-23)18-8-11-26-22(15-18)17-9-12-29(13-10-17)33(2,31)32/h3-5,8-9,11,15,19-20H,6-7,10,12-14H2,1-2H3. The van der Waals surface area contributed by atoms with Crippen molar-refractivity contribution in [3.63, 3.8) is 0 Å². The lowest BCUT2D eigenvalue weighted by molar-refractivity contribution is 0.445. The molecular weight excluding hydrogens is 434 g/mol. The topological polar surface area (TPSA) is 81.0 Å². The van der Waals surface area contributed by atoms with Crippen molar-refractivity contribution in [3.05, 3.63) is 59.8 Å². The second-order valence-electron chi connectivity index (χ2n) is 9.40. The van der Waals surface area contributed by atoms with E-state index in [1.165, 1.54) is 35.6 Å². The van der Waals surface area contributed by atoms with Gasteiger partial charge in [-0.2, -0.15) is 4.31 Å². The largest absolute Gasteiger partial charge is 0.324 e. The molecule has 3 aromatic rings. The van der Waals surface area contributed by atoms with Gasteiger partial charge >= 0.3 is 0 Å². The van der Waals surface area contributed by atoms with E-state index in [0.717, 1.165) is 39.6 Å². The zero-order valence-corrected chi connectivity index (χ0v) is 19.7. The minimum absolute atomic E-state index is 0.393. The summed E-state index contributed by atoms with van der Waals surface area (Å²) in [4.78, 5) is 14.6. The first-order valence-corrected chi connectivity index (χ1v) is 13.4. The lowest BCUT2D eigenvalue weighted by Gasteiger charge is -2.24. The number of hydrogen-bond donors (Lipinski definition) is 0. The van der Waals surface area contributed by atoms with Crippen molar-refractivity contribution in [1.82, 2.24) is 23.8 Å². The smallest absolute Gasteiger partial charge is 0.211 e. The van der Waals surface area contributed by atoms with Gasteiger partial charge in [0, 0.05) is 42.5 Å². The Balaban J connectivity index is 1.45. The molecule has 0 N–H and O–H groups in total. The average Bonchev–Trinajstić information content (AvgIpc) is 3.51. The van der Waals surface area contributed by atoms with Gasteiger partial charge in [-0.15, -0.1) is 0 Å². The molecule has 6 rings (SSSR count). The molecule has 170 valence electrons. The average molecular weight is 462 g/mol. The third-order valence-corrected chi connectivity index (χ3v) is 8.48. The highest BCUT2D eigenvalue weighted by molar-refractivity contribution is 7.88. The molecule has 2 atom stereocenters. The van der Waals surface area contributed by atoms with Crippen molar-refractivity contribution in [2.45, 2.75) is 44.6 Å². The lowest BCUT2D eigenvalue weighted by atomic mass is 10.0. The first-order chi connectivity index (χ1) is 15.9. The van der Waals surface area contributed by atoms with E-state index >= 15 is 0 Å². The molecule has 0 amide bonds. The minimum Gasteiger partial charge on any atom is -0.324 e. The Morgan fingerprint density at radius 2 is 1.97 bits per heavy atom. The Labute approximate surface area is 194 Å². The summed E-state index contributed by atoms with van der Waals surface area (Å²) < 4.78 is 27.7. The van der Waals surface area contributed by atoms with Gasteiger partial charge in [0.15, 0.2) is 0 Å². The second kappa shape index (κ2) is 7.60. The van der Waals surface area contributed by atoms with Gasteiger partial charge in [0.05, 0.1) is 23.3 Å². The second-order valence-corrected chi connectivity index (χ2v) is 11.4. The maximum atomic E-state index is 11.9. The van der Waals surface area contributed by atoms with E-state index in [2.05, 4.69) is 21.7 Å². The highest BCUT2D eigenvalue weighted by Gasteiger charge is 2.41. The Bertz CT molecular complexity index is 1390. The quantitative estimate of drug-likeness (QED) is 0.582. The third kappa shape index (κ3) is 3.52. The van der Waals surface area contributed by atoms with E-state index in [9.17, 15) is 8.42 Å². The van der Waals surface area contributed by atoms with Gasteiger partial charge in [-0.05, 0) is 62.4 Å². The van der Waals surface area contributed by atoms with Gasteiger partial charge in [-0.25, -0.2) is 13.4 Å². The molecule has 0 radical (unpaired) electrons. The first kappa shape index (κ1) is 20.7. The molecule has 0 aromatic carbocycles. The summed E-state index contributed by atoms with van der Waals surface area (Å²) in [5.74, 6) is 1.73. The monoisotopic (exact) mass is 461 g/mol. The Morgan fingerprint density at radius 3 is 2.73 bits per heavy atom. The summed E-state index contributed by atoms with van der Waals surface area (Å²) in [7, 11) is -3.18. The van der Waals surface area contributed by atoms with Crippen LogP contribution in [0, 0.1) is 6.92 Å². The maximum Gasteiger partial charge on any atom is 0.211 e. The summed E-state index contributed by atoms with van der Waals surface area (Å²) in [5, 5.41) is 0. The van der Waals surface area contributed by atoms with Crippen LogP contribution in [-0.4, -0.2) is 51.6 Å². The molecule has 5 heterocycles. The molecule has 7 nitrogen and oxygen atoms in total. The van der Waals surface area contributed by atoms with Crippen LogP contribution in [-0.2, 0) is 10.0 Å². The maximum absolute atomic E-state index is 11.9. The van der Waals surface area contributed by atoms with Crippen molar-refractivity contribution in [1.29, 1.82) is 0 Å². The molecule has 0 saturated heterocycles. The van der Waals surface area contributed by atoms with Crippen molar-refractivity contribution in [2.75, 3.05) is 19.3 Å². The van der Waals surface area contributed by atoms with E-state index in [1.54, 1.807) is 0 Å². The van der Waals surface area contributed by atoms with Crippen molar-refractivity contribution in [3.8, 4) is 22.6 Å². The van der Waals surface area contributed by atoms with E-state index in [4.69, 9.17) is 9.97 Å². The highest BCUT2D eigenvalue weighted by Crippen LogP contribution is 2.52. The van der Waals surface area contributed by atoms with Crippen molar-refractivity contribution < 1.29 is 8.42 Å². The van der Waals surface area contributed by atoms with Crippen LogP contribution in [0.5, 0.6) is 0 Å². The molecule has 2 unspecified atom stereocenters. The number of aryl methyl sites for hydroxylation is 1. The van der Waals surface area contributed by atoms with Crippen LogP contribution in [0.4, 0.5) is 0 Å². The fourth-order valence-electron chi connectivity index (χ4n) is 5.60. The number of nitrogens with zero attached hydrogens (tertiary/aromatic N) is 5. The van der Waals surface area contributed by atoms with Gasteiger partial charge < -0.3 is 4.57 Å². The predicted molar refractivity (Wildman–Crippen MR) is 128 cm³/mol. The summed E-state index contributed by atoms with van der Waals surface area (Å²) in [6, 6.07) is 10.8. The van der Waals surface area contributed by atoms with Crippen LogP contribution in [0.3, 0.4) is 0 Å². The van der Waals surface area contributed by atoms with Crippen molar-refractivity contribution in [2.24, 2.45) is 0 Å². The minimum atomic E-state index is -3.18. The molecule has 2 aliphatic heterocycles. The van der Waals surface area contributed by atoms with E-state index in [1.807, 2.05) is 37.4 Å². The Morgan fingerprint density at radius 1 is 1.09 bits per heavy atom.